The molecule has 1 aromatic heterocycles. The third-order valence-electron chi connectivity index (χ3n) is 1.97. The number of halogens is 1. The summed E-state index contributed by atoms with van der Waals surface area (Å²) in [6.45, 7) is 1.81. The van der Waals surface area contributed by atoms with Gasteiger partial charge in [0.05, 0.1) is 7.11 Å². The number of hydrogen-bond donors (Lipinski definition) is 1. The minimum absolute atomic E-state index is 0.178. The molecular formula is C10H12ClNO3. The SMILES string of the molecule is COC(=O)C(O)Cc1cnc(Cl)c(C)c1. The molecule has 15 heavy (non-hydrogen) atoms. The Balaban J connectivity index is 2.73. The van der Waals surface area contributed by atoms with Crippen LogP contribution in [0, 0.1) is 6.92 Å². The molecule has 82 valence electrons. The number of esters is 1. The summed E-state index contributed by atoms with van der Waals surface area (Å²) in [5.41, 5.74) is 1.56. The van der Waals surface area contributed by atoms with Crippen LogP contribution in [0.2, 0.25) is 5.15 Å². The smallest absolute Gasteiger partial charge is 0.335 e. The molecule has 0 spiro atoms. The molecule has 0 aliphatic rings. The van der Waals surface area contributed by atoms with E-state index in [0.717, 1.165) is 11.1 Å². The highest BCUT2D eigenvalue weighted by Gasteiger charge is 2.16. The summed E-state index contributed by atoms with van der Waals surface area (Å²) in [5.74, 6) is -0.650. The van der Waals surface area contributed by atoms with E-state index in [-0.39, 0.29) is 6.42 Å². The fourth-order valence-electron chi connectivity index (χ4n) is 1.17. The lowest BCUT2D eigenvalue weighted by molar-refractivity contribution is -0.150. The molecule has 0 bridgehead atoms. The molecule has 0 aliphatic carbocycles. The Labute approximate surface area is 92.8 Å². The number of ether oxygens (including phenoxy) is 1. The summed E-state index contributed by atoms with van der Waals surface area (Å²) in [6.07, 6.45) is 0.552. The van der Waals surface area contributed by atoms with Crippen molar-refractivity contribution in [3.05, 3.63) is 28.5 Å². The van der Waals surface area contributed by atoms with Crippen LogP contribution >= 0.6 is 11.6 Å². The van der Waals surface area contributed by atoms with Gasteiger partial charge in [-0.1, -0.05) is 17.7 Å². The molecule has 1 aromatic rings. The summed E-state index contributed by atoms with van der Waals surface area (Å²) in [4.78, 5) is 14.9. The Morgan fingerprint density at radius 1 is 1.73 bits per heavy atom. The average Bonchev–Trinajstić information content (AvgIpc) is 2.22. The third-order valence-corrected chi connectivity index (χ3v) is 2.37. The van der Waals surface area contributed by atoms with Crippen molar-refractivity contribution in [3.63, 3.8) is 0 Å². The van der Waals surface area contributed by atoms with Gasteiger partial charge < -0.3 is 9.84 Å². The fourth-order valence-corrected chi connectivity index (χ4v) is 1.27. The average molecular weight is 230 g/mol. The lowest BCUT2D eigenvalue weighted by atomic mass is 10.1. The highest BCUT2D eigenvalue weighted by atomic mass is 35.5. The van der Waals surface area contributed by atoms with E-state index in [0.29, 0.717) is 5.15 Å². The number of pyridine rings is 1. The van der Waals surface area contributed by atoms with Crippen molar-refractivity contribution < 1.29 is 14.6 Å². The van der Waals surface area contributed by atoms with Gasteiger partial charge in [-0.25, -0.2) is 9.78 Å². The van der Waals surface area contributed by atoms with Gasteiger partial charge >= 0.3 is 5.97 Å². The van der Waals surface area contributed by atoms with Gasteiger partial charge in [-0.2, -0.15) is 0 Å². The van der Waals surface area contributed by atoms with Gasteiger partial charge in [0, 0.05) is 12.6 Å². The molecule has 5 heteroatoms. The van der Waals surface area contributed by atoms with E-state index >= 15 is 0 Å². The van der Waals surface area contributed by atoms with Gasteiger partial charge in [0.1, 0.15) is 5.15 Å². The van der Waals surface area contributed by atoms with Gasteiger partial charge in [0.25, 0.3) is 0 Å². The summed E-state index contributed by atoms with van der Waals surface area (Å²) in [7, 11) is 1.23. The molecule has 0 aliphatic heterocycles. The highest BCUT2D eigenvalue weighted by Crippen LogP contribution is 2.14. The standard InChI is InChI=1S/C10H12ClNO3/c1-6-3-7(5-12-9(6)11)4-8(13)10(14)15-2/h3,5,8,13H,4H2,1-2H3. The molecule has 0 amide bonds. The molecule has 0 radical (unpaired) electrons. The molecular weight excluding hydrogens is 218 g/mol. The zero-order chi connectivity index (χ0) is 11.4. The van der Waals surface area contributed by atoms with E-state index in [1.165, 1.54) is 13.3 Å². The van der Waals surface area contributed by atoms with E-state index < -0.39 is 12.1 Å². The van der Waals surface area contributed by atoms with Crippen LogP contribution in [-0.2, 0) is 16.0 Å². The third kappa shape index (κ3) is 3.18. The highest BCUT2D eigenvalue weighted by molar-refractivity contribution is 6.30. The topological polar surface area (TPSA) is 59.4 Å². The molecule has 1 heterocycles. The fraction of sp³-hybridized carbons (Fsp3) is 0.400. The number of methoxy groups -OCH3 is 1. The van der Waals surface area contributed by atoms with Crippen molar-refractivity contribution in [3.8, 4) is 0 Å². The van der Waals surface area contributed by atoms with Crippen LogP contribution in [0.5, 0.6) is 0 Å². The van der Waals surface area contributed by atoms with Crippen LogP contribution in [0.4, 0.5) is 0 Å². The molecule has 1 atom stereocenters. The van der Waals surface area contributed by atoms with Crippen molar-refractivity contribution in [1.29, 1.82) is 0 Å². The van der Waals surface area contributed by atoms with E-state index in [1.807, 2.05) is 6.92 Å². The second kappa shape index (κ2) is 5.09. The quantitative estimate of drug-likeness (QED) is 0.623. The molecule has 0 aromatic carbocycles. The Morgan fingerprint density at radius 2 is 2.40 bits per heavy atom. The number of aliphatic hydroxyl groups is 1. The van der Waals surface area contributed by atoms with Crippen LogP contribution in [0.25, 0.3) is 0 Å². The monoisotopic (exact) mass is 229 g/mol. The normalized spacial score (nSPS) is 12.3. The maximum atomic E-state index is 10.9. The van der Waals surface area contributed by atoms with Crippen molar-refractivity contribution in [1.82, 2.24) is 4.98 Å². The molecule has 0 saturated carbocycles. The van der Waals surface area contributed by atoms with Crippen molar-refractivity contribution in [2.75, 3.05) is 7.11 Å². The van der Waals surface area contributed by atoms with Gasteiger partial charge in [0.2, 0.25) is 0 Å². The largest absolute Gasteiger partial charge is 0.467 e. The first-order valence-corrected chi connectivity index (χ1v) is 4.79. The van der Waals surface area contributed by atoms with Gasteiger partial charge in [-0.05, 0) is 18.1 Å². The number of aliphatic hydroxyl groups excluding tert-OH is 1. The van der Waals surface area contributed by atoms with Gasteiger partial charge in [0.15, 0.2) is 6.10 Å². The molecule has 1 unspecified atom stereocenters. The molecule has 0 saturated heterocycles. The van der Waals surface area contributed by atoms with Gasteiger partial charge in [-0.3, -0.25) is 0 Å². The van der Waals surface area contributed by atoms with Crippen molar-refractivity contribution >= 4 is 17.6 Å². The zero-order valence-corrected chi connectivity index (χ0v) is 9.28. The van der Waals surface area contributed by atoms with Crippen LogP contribution in [0.3, 0.4) is 0 Å². The van der Waals surface area contributed by atoms with Crippen LogP contribution in [0.1, 0.15) is 11.1 Å². The first kappa shape index (κ1) is 11.9. The minimum atomic E-state index is -1.16. The number of aromatic nitrogens is 1. The van der Waals surface area contributed by atoms with Crippen LogP contribution < -0.4 is 0 Å². The van der Waals surface area contributed by atoms with E-state index in [4.69, 9.17) is 11.6 Å². The van der Waals surface area contributed by atoms with Gasteiger partial charge in [-0.15, -0.1) is 0 Å². The van der Waals surface area contributed by atoms with E-state index in [1.54, 1.807) is 6.07 Å². The first-order valence-electron chi connectivity index (χ1n) is 4.41. The Bertz CT molecular complexity index is 368. The number of carbonyl (C=O) groups excluding carboxylic acids is 1. The maximum absolute atomic E-state index is 10.9. The second-order valence-electron chi connectivity index (χ2n) is 3.19. The summed E-state index contributed by atoms with van der Waals surface area (Å²) in [5, 5.41) is 9.82. The zero-order valence-electron chi connectivity index (χ0n) is 8.53. The Morgan fingerprint density at radius 3 is 2.93 bits per heavy atom. The Hall–Kier alpha value is -1.13. The maximum Gasteiger partial charge on any atom is 0.335 e. The van der Waals surface area contributed by atoms with Crippen LogP contribution in [-0.4, -0.2) is 29.3 Å². The lowest BCUT2D eigenvalue weighted by Crippen LogP contribution is -2.24. The Kier molecular flexibility index (Phi) is 4.05. The second-order valence-corrected chi connectivity index (χ2v) is 3.55. The predicted octanol–water partition coefficient (Wildman–Crippen LogP) is 1.12. The number of carbonyl (C=O) groups is 1. The van der Waals surface area contributed by atoms with Crippen LogP contribution in [0.15, 0.2) is 12.3 Å². The summed E-state index contributed by atoms with van der Waals surface area (Å²) < 4.78 is 4.40. The van der Waals surface area contributed by atoms with E-state index in [9.17, 15) is 9.90 Å². The summed E-state index contributed by atoms with van der Waals surface area (Å²) >= 11 is 5.74. The predicted molar refractivity (Wildman–Crippen MR) is 55.7 cm³/mol. The first-order chi connectivity index (χ1) is 7.04. The summed E-state index contributed by atoms with van der Waals surface area (Å²) in [6, 6.07) is 1.78. The number of nitrogens with zero attached hydrogens (tertiary/aromatic N) is 1. The molecule has 1 rings (SSSR count). The number of rotatable bonds is 3. The molecule has 1 N–H and O–H groups in total. The number of hydrogen-bond acceptors (Lipinski definition) is 4. The lowest BCUT2D eigenvalue weighted by Gasteiger charge is -2.08. The minimum Gasteiger partial charge on any atom is -0.467 e. The van der Waals surface area contributed by atoms with E-state index in [2.05, 4.69) is 9.72 Å². The van der Waals surface area contributed by atoms with Crippen molar-refractivity contribution in [2.24, 2.45) is 0 Å². The molecule has 0 fully saturated rings. The molecule has 4 nitrogen and oxygen atoms in total. The number of aryl methyl sites for hydroxylation is 1. The van der Waals surface area contributed by atoms with Crippen molar-refractivity contribution in [2.45, 2.75) is 19.4 Å².